The molecule has 0 bridgehead atoms. The zero-order valence-electron chi connectivity index (χ0n) is 24.2. The van der Waals surface area contributed by atoms with Crippen molar-refractivity contribution in [2.24, 2.45) is 0 Å². The normalized spacial score (nSPS) is 11.6. The van der Waals surface area contributed by atoms with Crippen molar-refractivity contribution in [3.63, 3.8) is 0 Å². The van der Waals surface area contributed by atoms with Gasteiger partial charge in [0.25, 0.3) is 0 Å². The van der Waals surface area contributed by atoms with Crippen molar-refractivity contribution < 1.29 is 0 Å². The maximum Gasteiger partial charge on any atom is 0.160 e. The van der Waals surface area contributed by atoms with Crippen LogP contribution in [-0.4, -0.2) is 24.3 Å². The van der Waals surface area contributed by atoms with Gasteiger partial charge in [-0.05, 0) is 41.5 Å². The van der Waals surface area contributed by atoms with E-state index in [-0.39, 0.29) is 0 Å². The van der Waals surface area contributed by atoms with Crippen molar-refractivity contribution >= 4 is 38.5 Å². The van der Waals surface area contributed by atoms with Crippen LogP contribution < -0.4 is 0 Å². The van der Waals surface area contributed by atoms with Gasteiger partial charge >= 0.3 is 0 Å². The fraction of sp³-hybridized carbons (Fsp3) is 0. The van der Waals surface area contributed by atoms with Crippen molar-refractivity contribution in [3.8, 4) is 45.0 Å². The van der Waals surface area contributed by atoms with Crippen molar-refractivity contribution in [1.29, 1.82) is 0 Å². The van der Waals surface area contributed by atoms with Gasteiger partial charge in [-0.2, -0.15) is 0 Å². The van der Waals surface area contributed by atoms with E-state index in [2.05, 4.69) is 102 Å². The number of nitrogens with zero attached hydrogens (tertiary/aromatic N) is 5. The molecule has 0 unspecified atom stereocenters. The average Bonchev–Trinajstić information content (AvgIpc) is 3.51. The third-order valence-corrected chi connectivity index (χ3v) is 8.41. The second-order valence-corrected chi connectivity index (χ2v) is 11.2. The summed E-state index contributed by atoms with van der Waals surface area (Å²) in [4.78, 5) is 20.3. The SMILES string of the molecule is c1ccc(-c2cccc(-c3nc(-c4ccc(-c5nc6ccccc6c6nc7ccccn7c56)cc4)nc4ccccc34)c2)cc1. The number of pyridine rings is 2. The molecule has 0 aliphatic carbocycles. The Kier molecular flexibility index (Phi) is 5.74. The summed E-state index contributed by atoms with van der Waals surface area (Å²) in [5.74, 6) is 0.687. The summed E-state index contributed by atoms with van der Waals surface area (Å²) < 4.78 is 2.13. The number of benzene rings is 5. The van der Waals surface area contributed by atoms with Crippen LogP contribution in [0.1, 0.15) is 0 Å². The Balaban J connectivity index is 1.18. The maximum absolute atomic E-state index is 5.16. The third kappa shape index (κ3) is 4.25. The first-order valence-electron chi connectivity index (χ1n) is 15.0. The van der Waals surface area contributed by atoms with E-state index < -0.39 is 0 Å². The van der Waals surface area contributed by atoms with Gasteiger partial charge in [0.2, 0.25) is 0 Å². The molecule has 5 aromatic carbocycles. The first-order chi connectivity index (χ1) is 22.3. The van der Waals surface area contributed by atoms with Crippen LogP contribution >= 0.6 is 0 Å². The lowest BCUT2D eigenvalue weighted by atomic mass is 9.99. The molecule has 9 rings (SSSR count). The van der Waals surface area contributed by atoms with Crippen LogP contribution in [0.3, 0.4) is 0 Å². The predicted molar refractivity (Wildman–Crippen MR) is 183 cm³/mol. The molecular formula is C40H25N5. The van der Waals surface area contributed by atoms with Crippen LogP contribution in [0.5, 0.6) is 0 Å². The lowest BCUT2D eigenvalue weighted by Crippen LogP contribution is -1.96. The quantitative estimate of drug-likeness (QED) is 0.210. The van der Waals surface area contributed by atoms with E-state index in [1.807, 2.05) is 54.6 Å². The minimum absolute atomic E-state index is 0.687. The first-order valence-corrected chi connectivity index (χ1v) is 15.0. The molecule has 210 valence electrons. The van der Waals surface area contributed by atoms with Crippen molar-refractivity contribution in [2.45, 2.75) is 0 Å². The highest BCUT2D eigenvalue weighted by molar-refractivity contribution is 6.09. The molecule has 0 saturated carbocycles. The Morgan fingerprint density at radius 3 is 1.91 bits per heavy atom. The Bertz CT molecular complexity index is 2530. The molecule has 0 fully saturated rings. The van der Waals surface area contributed by atoms with Gasteiger partial charge in [-0.3, -0.25) is 4.40 Å². The fourth-order valence-electron chi connectivity index (χ4n) is 6.24. The molecule has 0 radical (unpaired) electrons. The molecule has 5 heteroatoms. The van der Waals surface area contributed by atoms with E-state index in [4.69, 9.17) is 19.9 Å². The maximum atomic E-state index is 5.16. The monoisotopic (exact) mass is 575 g/mol. The van der Waals surface area contributed by atoms with Crippen LogP contribution in [0.2, 0.25) is 0 Å². The molecule has 0 aliphatic heterocycles. The minimum Gasteiger partial charge on any atom is -0.298 e. The molecule has 0 spiro atoms. The van der Waals surface area contributed by atoms with Crippen LogP contribution in [0.15, 0.2) is 152 Å². The number of rotatable bonds is 4. The van der Waals surface area contributed by atoms with Crippen molar-refractivity contribution in [2.75, 3.05) is 0 Å². The summed E-state index contributed by atoms with van der Waals surface area (Å²) in [5, 5.41) is 2.07. The highest BCUT2D eigenvalue weighted by Crippen LogP contribution is 2.35. The number of aromatic nitrogens is 5. The zero-order chi connectivity index (χ0) is 29.7. The lowest BCUT2D eigenvalue weighted by molar-refractivity contribution is 1.22. The van der Waals surface area contributed by atoms with Crippen LogP contribution in [0, 0.1) is 0 Å². The van der Waals surface area contributed by atoms with Gasteiger partial charge in [0, 0.05) is 33.7 Å². The van der Waals surface area contributed by atoms with Gasteiger partial charge in [0.1, 0.15) is 11.2 Å². The Labute approximate surface area is 259 Å². The second-order valence-electron chi connectivity index (χ2n) is 11.2. The highest BCUT2D eigenvalue weighted by atomic mass is 15.0. The first kappa shape index (κ1) is 25.3. The van der Waals surface area contributed by atoms with E-state index in [1.165, 1.54) is 5.56 Å². The number of fused-ring (bicyclic) bond motifs is 6. The third-order valence-electron chi connectivity index (χ3n) is 8.41. The number of para-hydroxylation sites is 2. The topological polar surface area (TPSA) is 56.0 Å². The summed E-state index contributed by atoms with van der Waals surface area (Å²) in [6.07, 6.45) is 2.05. The summed E-state index contributed by atoms with van der Waals surface area (Å²) in [7, 11) is 0. The molecule has 5 nitrogen and oxygen atoms in total. The lowest BCUT2D eigenvalue weighted by Gasteiger charge is -2.11. The molecule has 0 amide bonds. The Morgan fingerprint density at radius 2 is 1.07 bits per heavy atom. The van der Waals surface area contributed by atoms with Gasteiger partial charge in [0.05, 0.1) is 27.9 Å². The zero-order valence-corrected chi connectivity index (χ0v) is 24.2. The smallest absolute Gasteiger partial charge is 0.160 e. The Morgan fingerprint density at radius 1 is 0.400 bits per heavy atom. The van der Waals surface area contributed by atoms with Gasteiger partial charge in [0.15, 0.2) is 5.82 Å². The predicted octanol–water partition coefficient (Wildman–Crippen LogP) is 9.65. The second kappa shape index (κ2) is 10.2. The number of hydrogen-bond donors (Lipinski definition) is 0. The standard InChI is InChI=1S/C40H25N5/c1-2-11-26(12-3-1)29-13-10-14-30(25-29)36-31-15-4-7-18-34(31)42-40(44-36)28-22-20-27(21-23-28)37-39-38(32-16-5-6-17-33(32)41-37)43-35-19-8-9-24-45(35)39/h1-25H. The van der Waals surface area contributed by atoms with E-state index in [1.54, 1.807) is 0 Å². The van der Waals surface area contributed by atoms with Crippen LogP contribution in [-0.2, 0) is 0 Å². The summed E-state index contributed by atoms with van der Waals surface area (Å²) in [5.41, 5.74) is 11.8. The molecule has 0 saturated heterocycles. The number of hydrogen-bond acceptors (Lipinski definition) is 4. The van der Waals surface area contributed by atoms with Crippen molar-refractivity contribution in [1.82, 2.24) is 24.3 Å². The molecule has 0 atom stereocenters. The largest absolute Gasteiger partial charge is 0.298 e. The van der Waals surface area contributed by atoms with Gasteiger partial charge in [-0.15, -0.1) is 0 Å². The molecule has 45 heavy (non-hydrogen) atoms. The summed E-state index contributed by atoms with van der Waals surface area (Å²) >= 11 is 0. The average molecular weight is 576 g/mol. The molecule has 9 aromatic rings. The molecule has 4 heterocycles. The number of imidazole rings is 1. The highest BCUT2D eigenvalue weighted by Gasteiger charge is 2.17. The van der Waals surface area contributed by atoms with E-state index in [9.17, 15) is 0 Å². The molecular weight excluding hydrogens is 550 g/mol. The van der Waals surface area contributed by atoms with Gasteiger partial charge in [-0.25, -0.2) is 19.9 Å². The van der Waals surface area contributed by atoms with Crippen LogP contribution in [0.4, 0.5) is 0 Å². The van der Waals surface area contributed by atoms with E-state index in [0.29, 0.717) is 5.82 Å². The van der Waals surface area contributed by atoms with Gasteiger partial charge in [-0.1, -0.05) is 115 Å². The van der Waals surface area contributed by atoms with E-state index >= 15 is 0 Å². The summed E-state index contributed by atoms with van der Waals surface area (Å²) in [6, 6.07) is 49.9. The molecule has 4 aromatic heterocycles. The van der Waals surface area contributed by atoms with Crippen molar-refractivity contribution in [3.05, 3.63) is 152 Å². The van der Waals surface area contributed by atoms with Crippen LogP contribution in [0.25, 0.3) is 83.5 Å². The Hall–Kier alpha value is -6.20. The fourth-order valence-corrected chi connectivity index (χ4v) is 6.24. The molecule has 0 aliphatic rings. The molecule has 0 N–H and O–H groups in total. The van der Waals surface area contributed by atoms with Gasteiger partial charge < -0.3 is 0 Å². The summed E-state index contributed by atoms with van der Waals surface area (Å²) in [6.45, 7) is 0. The van der Waals surface area contributed by atoms with E-state index in [0.717, 1.165) is 72.1 Å². The minimum atomic E-state index is 0.687.